The third-order valence-electron chi connectivity index (χ3n) is 4.65. The second-order valence-corrected chi connectivity index (χ2v) is 14.2. The van der Waals surface area contributed by atoms with E-state index >= 15 is 0 Å². The van der Waals surface area contributed by atoms with Crippen LogP contribution in [0.2, 0.25) is 24.2 Å². The molecule has 0 bridgehead atoms. The van der Waals surface area contributed by atoms with Crippen LogP contribution in [0.1, 0.15) is 79.1 Å². The highest BCUT2D eigenvalue weighted by Gasteiger charge is 2.43. The molecule has 132 valence electrons. The maximum absolute atomic E-state index is 6.94. The molecule has 0 aromatic carbocycles. The Bertz CT molecular complexity index is 326. The van der Waals surface area contributed by atoms with Crippen LogP contribution >= 0.6 is 0 Å². The Morgan fingerprint density at radius 1 is 0.609 bits per heavy atom. The first kappa shape index (κ1) is 22.5. The molecule has 0 spiro atoms. The van der Waals surface area contributed by atoms with E-state index in [1.54, 1.807) is 0 Å². The lowest BCUT2D eigenvalue weighted by Crippen LogP contribution is -2.50. The molecule has 0 N–H and O–H groups in total. The standard InChI is InChI=1S/C20H38OSi2/c1-7-13-17-22(11-5,18-14-8-2)21-23(12-6,19-15-9-3)20-16-10-4/h5-6H,7-10,13-20H2,1-4H3. The quantitative estimate of drug-likeness (QED) is 0.259. The molecule has 0 fully saturated rings. The minimum atomic E-state index is -2.12. The minimum Gasteiger partial charge on any atom is -0.437 e. The molecule has 0 aliphatic rings. The van der Waals surface area contributed by atoms with Gasteiger partial charge in [-0.05, 0) is 24.2 Å². The summed E-state index contributed by atoms with van der Waals surface area (Å²) in [5.74, 6) is 0. The Hall–Kier alpha value is -0.486. The Balaban J connectivity index is 5.36. The van der Waals surface area contributed by atoms with E-state index in [-0.39, 0.29) is 0 Å². The van der Waals surface area contributed by atoms with E-state index in [1.165, 1.54) is 51.4 Å². The topological polar surface area (TPSA) is 9.23 Å². The number of rotatable bonds is 14. The van der Waals surface area contributed by atoms with Crippen molar-refractivity contribution in [1.29, 1.82) is 0 Å². The van der Waals surface area contributed by atoms with Gasteiger partial charge in [-0.1, -0.05) is 79.1 Å². The van der Waals surface area contributed by atoms with Crippen LogP contribution in [0.3, 0.4) is 0 Å². The molecule has 0 amide bonds. The zero-order valence-electron chi connectivity index (χ0n) is 16.0. The molecule has 0 saturated carbocycles. The molecule has 0 rings (SSSR count). The van der Waals surface area contributed by atoms with Crippen molar-refractivity contribution >= 4 is 16.6 Å². The zero-order chi connectivity index (χ0) is 17.6. The lowest BCUT2D eigenvalue weighted by molar-refractivity contribution is 0.518. The van der Waals surface area contributed by atoms with Crippen LogP contribution in [0, 0.1) is 23.9 Å². The third kappa shape index (κ3) is 8.25. The van der Waals surface area contributed by atoms with Crippen molar-refractivity contribution < 1.29 is 4.12 Å². The van der Waals surface area contributed by atoms with E-state index < -0.39 is 16.6 Å². The maximum atomic E-state index is 6.94. The van der Waals surface area contributed by atoms with Crippen molar-refractivity contribution in [1.82, 2.24) is 0 Å². The SMILES string of the molecule is C#C[Si](CCCC)(CCCC)O[Si](C#C)(CCCC)CCCC. The highest BCUT2D eigenvalue weighted by atomic mass is 28.4. The molecule has 0 heterocycles. The van der Waals surface area contributed by atoms with Gasteiger partial charge in [-0.2, -0.15) is 0 Å². The van der Waals surface area contributed by atoms with Gasteiger partial charge in [-0.25, -0.2) is 0 Å². The van der Waals surface area contributed by atoms with Crippen LogP contribution in [-0.4, -0.2) is 16.6 Å². The monoisotopic (exact) mass is 350 g/mol. The van der Waals surface area contributed by atoms with Crippen LogP contribution in [-0.2, 0) is 4.12 Å². The molecular formula is C20H38OSi2. The van der Waals surface area contributed by atoms with E-state index in [0.29, 0.717) is 0 Å². The smallest absolute Gasteiger partial charge is 0.262 e. The van der Waals surface area contributed by atoms with Gasteiger partial charge < -0.3 is 4.12 Å². The van der Waals surface area contributed by atoms with Gasteiger partial charge in [0.15, 0.2) is 0 Å². The first-order valence-corrected chi connectivity index (χ1v) is 14.4. The first-order chi connectivity index (χ1) is 11.1. The van der Waals surface area contributed by atoms with Crippen molar-refractivity contribution in [3.63, 3.8) is 0 Å². The maximum Gasteiger partial charge on any atom is 0.262 e. The average molecular weight is 351 g/mol. The number of terminal acetylenes is 2. The predicted molar refractivity (Wildman–Crippen MR) is 109 cm³/mol. The van der Waals surface area contributed by atoms with E-state index in [2.05, 4.69) is 38.8 Å². The minimum absolute atomic E-state index is 1.09. The predicted octanol–water partition coefficient (Wildman–Crippen LogP) is 6.44. The molecular weight excluding hydrogens is 312 g/mol. The van der Waals surface area contributed by atoms with E-state index in [9.17, 15) is 0 Å². The summed E-state index contributed by atoms with van der Waals surface area (Å²) < 4.78 is 6.94. The summed E-state index contributed by atoms with van der Waals surface area (Å²) >= 11 is 0. The van der Waals surface area contributed by atoms with Gasteiger partial charge in [0.25, 0.3) is 16.6 Å². The fraction of sp³-hybridized carbons (Fsp3) is 0.800. The summed E-state index contributed by atoms with van der Waals surface area (Å²) in [6, 6.07) is 4.37. The number of unbranched alkanes of at least 4 members (excludes halogenated alkanes) is 4. The first-order valence-electron chi connectivity index (χ1n) is 9.73. The summed E-state index contributed by atoms with van der Waals surface area (Å²) in [6.07, 6.45) is 21.5. The normalized spacial score (nSPS) is 11.9. The van der Waals surface area contributed by atoms with Crippen molar-refractivity contribution in [2.24, 2.45) is 0 Å². The van der Waals surface area contributed by atoms with Gasteiger partial charge in [0.2, 0.25) is 0 Å². The third-order valence-corrected chi connectivity index (χ3v) is 13.5. The van der Waals surface area contributed by atoms with Gasteiger partial charge in [-0.15, -0.1) is 23.9 Å². The Morgan fingerprint density at radius 2 is 0.870 bits per heavy atom. The van der Waals surface area contributed by atoms with E-state index in [0.717, 1.165) is 24.2 Å². The van der Waals surface area contributed by atoms with Crippen molar-refractivity contribution in [3.05, 3.63) is 0 Å². The van der Waals surface area contributed by atoms with Crippen molar-refractivity contribution in [3.8, 4) is 23.9 Å². The molecule has 0 radical (unpaired) electrons. The number of hydrogen-bond donors (Lipinski definition) is 0. The van der Waals surface area contributed by atoms with Crippen molar-refractivity contribution in [2.45, 2.75) is 103 Å². The lowest BCUT2D eigenvalue weighted by Gasteiger charge is -2.37. The molecule has 0 aromatic rings. The second kappa shape index (κ2) is 12.9. The van der Waals surface area contributed by atoms with Gasteiger partial charge in [-0.3, -0.25) is 0 Å². The van der Waals surface area contributed by atoms with Gasteiger partial charge in [0.1, 0.15) is 0 Å². The number of hydrogen-bond acceptors (Lipinski definition) is 1. The van der Waals surface area contributed by atoms with Gasteiger partial charge in [0.05, 0.1) is 0 Å². The molecule has 1 nitrogen and oxygen atoms in total. The van der Waals surface area contributed by atoms with E-state index in [1.807, 2.05) is 0 Å². The molecule has 3 heteroatoms. The van der Waals surface area contributed by atoms with Crippen molar-refractivity contribution in [2.75, 3.05) is 0 Å². The fourth-order valence-corrected chi connectivity index (χ4v) is 12.9. The van der Waals surface area contributed by atoms with Crippen LogP contribution in [0.15, 0.2) is 0 Å². The highest BCUT2D eigenvalue weighted by Crippen LogP contribution is 2.32. The molecule has 0 aliphatic heterocycles. The largest absolute Gasteiger partial charge is 0.437 e. The van der Waals surface area contributed by atoms with Crippen LogP contribution in [0.5, 0.6) is 0 Å². The fourth-order valence-electron chi connectivity index (χ4n) is 3.03. The summed E-state index contributed by atoms with van der Waals surface area (Å²) in [5.41, 5.74) is 6.37. The molecule has 0 saturated heterocycles. The van der Waals surface area contributed by atoms with Crippen LogP contribution in [0.25, 0.3) is 0 Å². The van der Waals surface area contributed by atoms with Gasteiger partial charge >= 0.3 is 0 Å². The van der Waals surface area contributed by atoms with Gasteiger partial charge in [0, 0.05) is 0 Å². The summed E-state index contributed by atoms with van der Waals surface area (Å²) in [4.78, 5) is 0. The average Bonchev–Trinajstić information content (AvgIpc) is 2.60. The molecule has 0 unspecified atom stereocenters. The Kier molecular flexibility index (Phi) is 12.6. The molecule has 23 heavy (non-hydrogen) atoms. The van der Waals surface area contributed by atoms with E-state index in [4.69, 9.17) is 17.0 Å². The summed E-state index contributed by atoms with van der Waals surface area (Å²) in [6.45, 7) is 8.93. The van der Waals surface area contributed by atoms with Crippen LogP contribution in [0.4, 0.5) is 0 Å². The molecule has 0 aliphatic carbocycles. The Labute approximate surface area is 148 Å². The Morgan fingerprint density at radius 3 is 1.04 bits per heavy atom. The summed E-state index contributed by atoms with van der Waals surface area (Å²) in [7, 11) is -4.24. The zero-order valence-corrected chi connectivity index (χ0v) is 18.0. The second-order valence-electron chi connectivity index (χ2n) is 6.79. The van der Waals surface area contributed by atoms with Crippen LogP contribution < -0.4 is 0 Å². The summed E-state index contributed by atoms with van der Waals surface area (Å²) in [5, 5.41) is 0. The molecule has 0 aromatic heterocycles. The highest BCUT2D eigenvalue weighted by molar-refractivity contribution is 6.94. The lowest BCUT2D eigenvalue weighted by atomic mass is 10.4. The molecule has 0 atom stereocenters.